The number of allylic oxidation sites excluding steroid dienone is 1. The number of aliphatic imine (C=N–C) groups is 1. The lowest BCUT2D eigenvalue weighted by molar-refractivity contribution is 0.371. The molecule has 0 saturated heterocycles. The van der Waals surface area contributed by atoms with Gasteiger partial charge in [0.15, 0.2) is 0 Å². The van der Waals surface area contributed by atoms with E-state index in [0.29, 0.717) is 11.9 Å². The van der Waals surface area contributed by atoms with Gasteiger partial charge in [-0.2, -0.15) is 0 Å². The molecule has 0 heterocycles. The van der Waals surface area contributed by atoms with Gasteiger partial charge in [0.25, 0.3) is 0 Å². The van der Waals surface area contributed by atoms with Crippen molar-refractivity contribution < 1.29 is 0 Å². The topological polar surface area (TPSA) is 24.4 Å². The first-order chi connectivity index (χ1) is 6.27. The van der Waals surface area contributed by atoms with Crippen molar-refractivity contribution >= 4 is 33.7 Å². The molecule has 13 heavy (non-hydrogen) atoms. The molecule has 1 aliphatic carbocycles. The Morgan fingerprint density at radius 1 is 1.69 bits per heavy atom. The van der Waals surface area contributed by atoms with Crippen molar-refractivity contribution in [1.82, 2.24) is 5.32 Å². The Morgan fingerprint density at radius 3 is 2.77 bits per heavy atom. The van der Waals surface area contributed by atoms with Crippen LogP contribution in [0.4, 0.5) is 0 Å². The minimum absolute atomic E-state index is 0.484. The fraction of sp³-hybridized carbons (Fsp3) is 0.667. The Hall–Kier alpha value is -0.0200. The molecule has 0 unspecified atom stereocenters. The monoisotopic (exact) mass is 264 g/mol. The van der Waals surface area contributed by atoms with Gasteiger partial charge in [-0.25, -0.2) is 0 Å². The maximum Gasteiger partial charge on any atom is 0.0842 e. The van der Waals surface area contributed by atoms with Crippen LogP contribution in [-0.2, 0) is 0 Å². The van der Waals surface area contributed by atoms with E-state index in [9.17, 15) is 0 Å². The van der Waals surface area contributed by atoms with E-state index in [1.807, 2.05) is 0 Å². The smallest absolute Gasteiger partial charge is 0.0842 e. The zero-order chi connectivity index (χ0) is 9.68. The van der Waals surface area contributed by atoms with E-state index in [1.165, 1.54) is 19.3 Å². The van der Waals surface area contributed by atoms with Gasteiger partial charge in [-0.15, -0.1) is 11.6 Å². The predicted octanol–water partition coefficient (Wildman–Crippen LogP) is 2.67. The normalized spacial score (nSPS) is 19.9. The molecule has 1 rings (SSSR count). The molecule has 0 bridgehead atoms. The third-order valence-corrected chi connectivity index (χ3v) is 3.17. The molecule has 74 valence electrons. The van der Waals surface area contributed by atoms with Gasteiger partial charge in [-0.3, -0.25) is 4.99 Å². The first-order valence-electron chi connectivity index (χ1n) is 4.41. The Balaban J connectivity index is 2.51. The highest BCUT2D eigenvalue weighted by molar-refractivity contribution is 9.11. The van der Waals surface area contributed by atoms with Crippen molar-refractivity contribution in [2.75, 3.05) is 12.9 Å². The molecule has 0 aromatic carbocycles. The molecule has 0 radical (unpaired) electrons. The van der Waals surface area contributed by atoms with Crippen LogP contribution in [-0.4, -0.2) is 25.2 Å². The van der Waals surface area contributed by atoms with Gasteiger partial charge in [0.1, 0.15) is 0 Å². The largest absolute Gasteiger partial charge is 0.376 e. The van der Waals surface area contributed by atoms with Crippen LogP contribution in [0.3, 0.4) is 0 Å². The van der Waals surface area contributed by atoms with E-state index in [4.69, 9.17) is 11.6 Å². The summed E-state index contributed by atoms with van der Waals surface area (Å²) in [7, 11) is 1.75. The van der Waals surface area contributed by atoms with Gasteiger partial charge in [-0.1, -0.05) is 0 Å². The molecule has 1 N–H and O–H groups in total. The van der Waals surface area contributed by atoms with Crippen molar-refractivity contribution in [3.63, 3.8) is 0 Å². The maximum atomic E-state index is 5.77. The zero-order valence-corrected chi connectivity index (χ0v) is 10.0. The highest BCUT2D eigenvalue weighted by Gasteiger charge is 2.17. The summed E-state index contributed by atoms with van der Waals surface area (Å²) >= 11 is 9.24. The lowest BCUT2D eigenvalue weighted by atomic mass is 9.93. The summed E-state index contributed by atoms with van der Waals surface area (Å²) in [4.78, 5) is 3.94. The van der Waals surface area contributed by atoms with Gasteiger partial charge in [0.2, 0.25) is 0 Å². The second kappa shape index (κ2) is 5.66. The Labute approximate surface area is 92.6 Å². The molecule has 0 spiro atoms. The lowest BCUT2D eigenvalue weighted by Crippen LogP contribution is -2.33. The van der Waals surface area contributed by atoms with Gasteiger partial charge >= 0.3 is 0 Å². The van der Waals surface area contributed by atoms with E-state index >= 15 is 0 Å². The van der Waals surface area contributed by atoms with Crippen LogP contribution in [0.1, 0.15) is 19.3 Å². The average molecular weight is 266 g/mol. The minimum atomic E-state index is 0.484. The minimum Gasteiger partial charge on any atom is -0.376 e. The molecule has 0 atom stereocenters. The molecular formula is C9H14BrClN2. The van der Waals surface area contributed by atoms with Gasteiger partial charge < -0.3 is 5.32 Å². The van der Waals surface area contributed by atoms with Crippen molar-refractivity contribution in [2.24, 2.45) is 4.99 Å². The van der Waals surface area contributed by atoms with Crippen molar-refractivity contribution in [3.8, 4) is 0 Å². The van der Waals surface area contributed by atoms with Crippen LogP contribution >= 0.6 is 27.5 Å². The lowest BCUT2D eigenvalue weighted by Gasteiger charge is -2.27. The number of nitrogens with one attached hydrogen (secondary N) is 1. The third kappa shape index (κ3) is 3.31. The summed E-state index contributed by atoms with van der Waals surface area (Å²) in [6.45, 7) is 0. The SMILES string of the molecule is C/N=C\C(CCl)=C(\Br)NC1CCC1. The van der Waals surface area contributed by atoms with Gasteiger partial charge in [-0.05, 0) is 35.2 Å². The second-order valence-electron chi connectivity index (χ2n) is 3.13. The molecule has 4 heteroatoms. The van der Waals surface area contributed by atoms with Crippen LogP contribution in [0.2, 0.25) is 0 Å². The number of hydrogen-bond donors (Lipinski definition) is 1. The van der Waals surface area contributed by atoms with Crippen LogP contribution in [0.25, 0.3) is 0 Å². The molecule has 0 aliphatic heterocycles. The van der Waals surface area contributed by atoms with E-state index in [1.54, 1.807) is 13.3 Å². The summed E-state index contributed by atoms with van der Waals surface area (Å²) in [5, 5.41) is 3.37. The van der Waals surface area contributed by atoms with E-state index in [0.717, 1.165) is 10.2 Å². The van der Waals surface area contributed by atoms with Crippen LogP contribution in [0.15, 0.2) is 15.2 Å². The third-order valence-electron chi connectivity index (χ3n) is 2.15. The number of alkyl halides is 1. The Morgan fingerprint density at radius 2 is 2.38 bits per heavy atom. The Kier molecular flexibility index (Phi) is 4.81. The van der Waals surface area contributed by atoms with E-state index in [2.05, 4.69) is 26.2 Å². The second-order valence-corrected chi connectivity index (χ2v) is 4.19. The fourth-order valence-electron chi connectivity index (χ4n) is 1.13. The highest BCUT2D eigenvalue weighted by atomic mass is 79.9. The summed E-state index contributed by atoms with van der Waals surface area (Å²) in [6, 6.07) is 0.623. The molecule has 1 saturated carbocycles. The standard InChI is InChI=1S/C9H14BrClN2/c1-12-6-7(5-11)9(10)13-8-3-2-4-8/h6,8,13H,2-5H2,1H3/b9-7-,12-6-. The molecule has 2 nitrogen and oxygen atoms in total. The number of nitrogens with zero attached hydrogens (tertiary/aromatic N) is 1. The zero-order valence-electron chi connectivity index (χ0n) is 7.69. The van der Waals surface area contributed by atoms with Crippen molar-refractivity contribution in [3.05, 3.63) is 10.2 Å². The number of rotatable bonds is 4. The van der Waals surface area contributed by atoms with Crippen LogP contribution in [0.5, 0.6) is 0 Å². The van der Waals surface area contributed by atoms with Crippen molar-refractivity contribution in [2.45, 2.75) is 25.3 Å². The molecule has 1 aliphatic rings. The molecule has 1 fully saturated rings. The maximum absolute atomic E-state index is 5.77. The molecule has 0 aromatic heterocycles. The van der Waals surface area contributed by atoms with Crippen LogP contribution in [0, 0.1) is 0 Å². The molecule has 0 amide bonds. The summed E-state index contributed by atoms with van der Waals surface area (Å²) in [6.07, 6.45) is 5.63. The molecular weight excluding hydrogens is 251 g/mol. The predicted molar refractivity (Wildman–Crippen MR) is 61.9 cm³/mol. The first kappa shape index (κ1) is 11.1. The quantitative estimate of drug-likeness (QED) is 0.472. The summed E-state index contributed by atoms with van der Waals surface area (Å²) < 4.78 is 0.984. The summed E-state index contributed by atoms with van der Waals surface area (Å²) in [5.74, 6) is 0.484. The fourth-order valence-corrected chi connectivity index (χ4v) is 2.06. The van der Waals surface area contributed by atoms with E-state index in [-0.39, 0.29) is 0 Å². The number of halogens is 2. The highest BCUT2D eigenvalue weighted by Crippen LogP contribution is 2.21. The summed E-state index contributed by atoms with van der Waals surface area (Å²) in [5.41, 5.74) is 1.01. The first-order valence-corrected chi connectivity index (χ1v) is 5.74. The molecule has 0 aromatic rings. The Bertz CT molecular complexity index is 222. The van der Waals surface area contributed by atoms with Crippen molar-refractivity contribution in [1.29, 1.82) is 0 Å². The average Bonchev–Trinajstić information content (AvgIpc) is 2.07. The van der Waals surface area contributed by atoms with Gasteiger partial charge in [0.05, 0.1) is 10.5 Å². The van der Waals surface area contributed by atoms with Gasteiger partial charge in [0, 0.05) is 24.9 Å². The van der Waals surface area contributed by atoms with E-state index < -0.39 is 0 Å². The number of hydrogen-bond acceptors (Lipinski definition) is 2. The van der Waals surface area contributed by atoms with Crippen LogP contribution < -0.4 is 5.32 Å².